The van der Waals surface area contributed by atoms with Gasteiger partial charge in [0.05, 0.1) is 23.3 Å². The molecule has 0 heterocycles. The third-order valence-electron chi connectivity index (χ3n) is 4.29. The predicted octanol–water partition coefficient (Wildman–Crippen LogP) is 4.51. The minimum absolute atomic E-state index is 0.0746. The lowest BCUT2D eigenvalue weighted by Gasteiger charge is -2.23. The lowest BCUT2D eigenvalue weighted by molar-refractivity contribution is -0.122. The van der Waals surface area contributed by atoms with E-state index >= 15 is 0 Å². The van der Waals surface area contributed by atoms with Gasteiger partial charge in [0.15, 0.2) is 0 Å². The third-order valence-corrected chi connectivity index (χ3v) is 4.85. The predicted molar refractivity (Wildman–Crippen MR) is 112 cm³/mol. The van der Waals surface area contributed by atoms with Crippen LogP contribution >= 0.6 is 23.2 Å². The molecule has 7 heteroatoms. The van der Waals surface area contributed by atoms with E-state index in [9.17, 15) is 9.59 Å². The van der Waals surface area contributed by atoms with Crippen LogP contribution in [0.2, 0.25) is 10.0 Å². The molecule has 2 N–H and O–H groups in total. The zero-order valence-electron chi connectivity index (χ0n) is 15.8. The minimum atomic E-state index is -0.538. The average molecular weight is 408 g/mol. The van der Waals surface area contributed by atoms with Crippen molar-refractivity contribution in [3.8, 4) is 0 Å². The standard InChI is InChI=1S/C20H23Cl2N3O2/c1-12-5-6-13(2)17(9-12)23-19(26)11-25(4)14(3)20(27)24-18-10-15(21)7-8-16(18)22/h5-10,14H,11H2,1-4H3,(H,23,26)(H,24,27)/t14-/m1/s1. The van der Waals surface area contributed by atoms with Crippen molar-refractivity contribution in [3.63, 3.8) is 0 Å². The summed E-state index contributed by atoms with van der Waals surface area (Å²) >= 11 is 12.0. The summed E-state index contributed by atoms with van der Waals surface area (Å²) in [6, 6.07) is 10.2. The first-order valence-electron chi connectivity index (χ1n) is 8.50. The Balaban J connectivity index is 1.96. The molecule has 0 spiro atoms. The van der Waals surface area contributed by atoms with Crippen LogP contribution < -0.4 is 10.6 Å². The number of amides is 2. The van der Waals surface area contributed by atoms with E-state index < -0.39 is 6.04 Å². The first-order valence-corrected chi connectivity index (χ1v) is 9.26. The number of halogens is 2. The maximum Gasteiger partial charge on any atom is 0.241 e. The van der Waals surface area contributed by atoms with Crippen molar-refractivity contribution in [1.29, 1.82) is 0 Å². The maximum atomic E-state index is 12.5. The molecule has 0 unspecified atom stereocenters. The Morgan fingerprint density at radius 2 is 1.74 bits per heavy atom. The van der Waals surface area contributed by atoms with Gasteiger partial charge in [-0.15, -0.1) is 0 Å². The van der Waals surface area contributed by atoms with E-state index in [0.29, 0.717) is 15.7 Å². The molecule has 0 bridgehead atoms. The SMILES string of the molecule is Cc1ccc(C)c(NC(=O)CN(C)[C@H](C)C(=O)Nc2cc(Cl)ccc2Cl)c1. The lowest BCUT2D eigenvalue weighted by atomic mass is 10.1. The van der Waals surface area contributed by atoms with E-state index in [1.807, 2.05) is 32.0 Å². The number of carbonyl (C=O) groups excluding carboxylic acids is 2. The summed E-state index contributed by atoms with van der Waals surface area (Å²) in [7, 11) is 1.71. The van der Waals surface area contributed by atoms with Crippen LogP contribution in [0.15, 0.2) is 36.4 Å². The van der Waals surface area contributed by atoms with Crippen molar-refractivity contribution >= 4 is 46.4 Å². The first-order chi connectivity index (χ1) is 12.7. The number of carbonyl (C=O) groups is 2. The smallest absolute Gasteiger partial charge is 0.241 e. The molecule has 27 heavy (non-hydrogen) atoms. The molecule has 2 rings (SSSR count). The average Bonchev–Trinajstić information content (AvgIpc) is 2.60. The molecule has 0 fully saturated rings. The van der Waals surface area contributed by atoms with Crippen LogP contribution in [0.1, 0.15) is 18.1 Å². The van der Waals surface area contributed by atoms with Gasteiger partial charge in [-0.2, -0.15) is 0 Å². The van der Waals surface area contributed by atoms with E-state index in [-0.39, 0.29) is 18.4 Å². The molecule has 1 atom stereocenters. The van der Waals surface area contributed by atoms with Crippen LogP contribution in [0.25, 0.3) is 0 Å². The highest BCUT2D eigenvalue weighted by atomic mass is 35.5. The monoisotopic (exact) mass is 407 g/mol. The molecule has 0 saturated carbocycles. The third kappa shape index (κ3) is 5.96. The largest absolute Gasteiger partial charge is 0.325 e. The topological polar surface area (TPSA) is 61.4 Å². The number of hydrogen-bond donors (Lipinski definition) is 2. The number of benzene rings is 2. The Labute approximate surface area is 169 Å². The lowest BCUT2D eigenvalue weighted by Crippen LogP contribution is -2.43. The van der Waals surface area contributed by atoms with Gasteiger partial charge >= 0.3 is 0 Å². The molecular weight excluding hydrogens is 385 g/mol. The van der Waals surface area contributed by atoms with E-state index in [4.69, 9.17) is 23.2 Å². The summed E-state index contributed by atoms with van der Waals surface area (Å²) in [4.78, 5) is 26.5. The molecule has 144 valence electrons. The Morgan fingerprint density at radius 1 is 1.04 bits per heavy atom. The Bertz CT molecular complexity index is 855. The second-order valence-electron chi connectivity index (χ2n) is 6.57. The summed E-state index contributed by atoms with van der Waals surface area (Å²) in [5.41, 5.74) is 3.26. The van der Waals surface area contributed by atoms with Crippen LogP contribution in [0, 0.1) is 13.8 Å². The molecule has 5 nitrogen and oxygen atoms in total. The molecule has 0 aliphatic carbocycles. The zero-order valence-corrected chi connectivity index (χ0v) is 17.3. The Kier molecular flexibility index (Phi) is 7.25. The van der Waals surface area contributed by atoms with Crippen LogP contribution in [-0.4, -0.2) is 36.3 Å². The molecule has 0 radical (unpaired) electrons. The van der Waals surface area contributed by atoms with E-state index in [1.165, 1.54) is 0 Å². The Hall–Kier alpha value is -2.08. The Morgan fingerprint density at radius 3 is 2.44 bits per heavy atom. The quantitative estimate of drug-likeness (QED) is 0.740. The van der Waals surface area contributed by atoms with Crippen molar-refractivity contribution in [1.82, 2.24) is 4.90 Å². The first kappa shape index (κ1) is 21.2. The van der Waals surface area contributed by atoms with Crippen LogP contribution in [0.4, 0.5) is 11.4 Å². The molecule has 2 aromatic carbocycles. The summed E-state index contributed by atoms with van der Waals surface area (Å²) in [5, 5.41) is 6.51. The fourth-order valence-corrected chi connectivity index (χ4v) is 2.79. The molecular formula is C20H23Cl2N3O2. The molecule has 0 aliphatic rings. The molecule has 2 aromatic rings. The number of nitrogens with zero attached hydrogens (tertiary/aromatic N) is 1. The zero-order chi connectivity index (χ0) is 20.1. The number of anilines is 2. The maximum absolute atomic E-state index is 12.5. The van der Waals surface area contributed by atoms with Crippen LogP contribution in [0.3, 0.4) is 0 Å². The van der Waals surface area contributed by atoms with Crippen molar-refractivity contribution in [3.05, 3.63) is 57.6 Å². The van der Waals surface area contributed by atoms with Crippen molar-refractivity contribution < 1.29 is 9.59 Å². The molecule has 0 saturated heterocycles. The second-order valence-corrected chi connectivity index (χ2v) is 7.41. The number of aryl methyl sites for hydroxylation is 2. The van der Waals surface area contributed by atoms with Crippen LogP contribution in [-0.2, 0) is 9.59 Å². The van der Waals surface area contributed by atoms with Gasteiger partial charge in [-0.1, -0.05) is 35.3 Å². The summed E-state index contributed by atoms with van der Waals surface area (Å²) in [5.74, 6) is -0.465. The highest BCUT2D eigenvalue weighted by Crippen LogP contribution is 2.25. The fraction of sp³-hybridized carbons (Fsp3) is 0.300. The van der Waals surface area contributed by atoms with Crippen LogP contribution in [0.5, 0.6) is 0 Å². The van der Waals surface area contributed by atoms with Crippen molar-refractivity contribution in [2.45, 2.75) is 26.8 Å². The van der Waals surface area contributed by atoms with Crippen molar-refractivity contribution in [2.24, 2.45) is 0 Å². The van der Waals surface area contributed by atoms with Gasteiger partial charge in [0.25, 0.3) is 0 Å². The number of hydrogen-bond acceptors (Lipinski definition) is 3. The fourth-order valence-electron chi connectivity index (χ4n) is 2.45. The summed E-state index contributed by atoms with van der Waals surface area (Å²) in [6.45, 7) is 5.70. The van der Waals surface area contributed by atoms with Gasteiger partial charge in [0.2, 0.25) is 11.8 Å². The highest BCUT2D eigenvalue weighted by Gasteiger charge is 2.21. The number of rotatable bonds is 6. The van der Waals surface area contributed by atoms with Gasteiger partial charge in [-0.05, 0) is 63.2 Å². The van der Waals surface area contributed by atoms with Gasteiger partial charge in [0.1, 0.15) is 0 Å². The number of nitrogens with one attached hydrogen (secondary N) is 2. The van der Waals surface area contributed by atoms with Gasteiger partial charge in [-0.3, -0.25) is 14.5 Å². The normalized spacial score (nSPS) is 12.0. The molecule has 0 aliphatic heterocycles. The second kappa shape index (κ2) is 9.22. The van der Waals surface area contributed by atoms with Gasteiger partial charge in [0, 0.05) is 10.7 Å². The summed E-state index contributed by atoms with van der Waals surface area (Å²) < 4.78 is 0. The summed E-state index contributed by atoms with van der Waals surface area (Å²) in [6.07, 6.45) is 0. The molecule has 0 aromatic heterocycles. The molecule has 2 amide bonds. The van der Waals surface area contributed by atoms with E-state index in [2.05, 4.69) is 10.6 Å². The number of likely N-dealkylation sites (N-methyl/N-ethyl adjacent to an activating group) is 1. The van der Waals surface area contributed by atoms with Crippen molar-refractivity contribution in [2.75, 3.05) is 24.2 Å². The minimum Gasteiger partial charge on any atom is -0.325 e. The van der Waals surface area contributed by atoms with E-state index in [1.54, 1.807) is 37.1 Å². The van der Waals surface area contributed by atoms with Gasteiger partial charge in [-0.25, -0.2) is 0 Å². The van der Waals surface area contributed by atoms with Gasteiger partial charge < -0.3 is 10.6 Å². The van der Waals surface area contributed by atoms with E-state index in [0.717, 1.165) is 16.8 Å². The highest BCUT2D eigenvalue weighted by molar-refractivity contribution is 6.35.